The van der Waals surface area contributed by atoms with Crippen LogP contribution in [0.2, 0.25) is 0 Å². The second-order valence-electron chi connectivity index (χ2n) is 18.4. The molecule has 9 nitrogen and oxygen atoms in total. The molecule has 0 spiro atoms. The molecule has 0 aromatic carbocycles. The first-order chi connectivity index (χ1) is 30.6. The first-order valence-electron chi connectivity index (χ1n) is 25.8. The van der Waals surface area contributed by atoms with Crippen molar-refractivity contribution in [3.05, 3.63) is 48.6 Å². The van der Waals surface area contributed by atoms with Crippen molar-refractivity contribution in [1.82, 2.24) is 0 Å². The van der Waals surface area contributed by atoms with Crippen molar-refractivity contribution >= 4 is 17.9 Å². The average molecular weight is 888 g/mol. The lowest BCUT2D eigenvalue weighted by Gasteiger charge is -2.26. The zero-order valence-corrected chi connectivity index (χ0v) is 41.4. The number of unbranched alkanes of at least 4 members (excludes halogenated alkanes) is 24. The first-order valence-corrected chi connectivity index (χ1v) is 25.8. The number of rotatable bonds is 47. The Kier molecular flexibility index (Phi) is 43.8. The Morgan fingerprint density at radius 3 is 1.35 bits per heavy atom. The quantitative estimate of drug-likeness (QED) is 0.0195. The molecule has 0 saturated heterocycles. The summed E-state index contributed by atoms with van der Waals surface area (Å²) in [6.07, 6.45) is 51.4. The maximum Gasteiger partial charge on any atom is 0.306 e. The zero-order chi connectivity index (χ0) is 46.3. The van der Waals surface area contributed by atoms with Crippen LogP contribution in [0.15, 0.2) is 48.6 Å². The maximum atomic E-state index is 12.8. The standard InChI is InChI=1S/C54H97NO8/c1-6-8-10-12-14-16-18-20-22-24-25-26-27-29-31-33-35-37-39-41-43-45-52(57)63-50(49-62-54(53(58)59)60-47-46-55(3,4)5)48-61-51(56)44-42-40-38-36-34-32-30-28-23-21-19-17-15-13-11-9-7-2/h8,10,14,16,20,22,25-26,50,54H,6-7,9,11-13,15,17-19,21,23-24,27-49H2,1-5H3/b10-8-,16-14-,22-20-,26-25-. The summed E-state index contributed by atoms with van der Waals surface area (Å²) in [6, 6.07) is 0. The van der Waals surface area contributed by atoms with Crippen LogP contribution in [0, 0.1) is 0 Å². The number of hydrogen-bond donors (Lipinski definition) is 0. The molecule has 9 heteroatoms. The number of carboxylic acids is 1. The van der Waals surface area contributed by atoms with Crippen LogP contribution in [0.25, 0.3) is 0 Å². The second-order valence-corrected chi connectivity index (χ2v) is 18.4. The summed E-state index contributed by atoms with van der Waals surface area (Å²) in [6.45, 7) is 4.64. The Labute approximate surface area is 387 Å². The Bertz CT molecular complexity index is 1170. The summed E-state index contributed by atoms with van der Waals surface area (Å²) in [5.41, 5.74) is 0. The predicted molar refractivity (Wildman–Crippen MR) is 260 cm³/mol. The SMILES string of the molecule is CC/C=C\C/C=C\C/C=C\C/C=C\CCCCCCCCCCC(=O)OC(COC(=O)CCCCCCCCCCCCCCCCCCC)COC(OCC[N+](C)(C)C)C(=O)[O-]. The van der Waals surface area contributed by atoms with E-state index >= 15 is 0 Å². The first kappa shape index (κ1) is 60.2. The average Bonchev–Trinajstić information content (AvgIpc) is 3.24. The number of carboxylic acid groups (broad SMARTS) is 1. The van der Waals surface area contributed by atoms with Crippen LogP contribution in [-0.2, 0) is 33.3 Å². The Balaban J connectivity index is 4.34. The molecule has 366 valence electrons. The van der Waals surface area contributed by atoms with Gasteiger partial charge in [0.15, 0.2) is 12.4 Å². The minimum Gasteiger partial charge on any atom is -0.545 e. The molecule has 0 fully saturated rings. The van der Waals surface area contributed by atoms with Crippen LogP contribution < -0.4 is 5.11 Å². The lowest BCUT2D eigenvalue weighted by Crippen LogP contribution is -2.44. The predicted octanol–water partition coefficient (Wildman–Crippen LogP) is 13.0. The number of nitrogens with zero attached hydrogens (tertiary/aromatic N) is 1. The lowest BCUT2D eigenvalue weighted by atomic mass is 10.0. The Hall–Kier alpha value is -2.75. The van der Waals surface area contributed by atoms with Crippen LogP contribution in [0.3, 0.4) is 0 Å². The Morgan fingerprint density at radius 2 is 0.905 bits per heavy atom. The summed E-state index contributed by atoms with van der Waals surface area (Å²) in [7, 11) is 5.91. The van der Waals surface area contributed by atoms with E-state index in [2.05, 4.69) is 62.5 Å². The van der Waals surface area contributed by atoms with Crippen molar-refractivity contribution in [3.8, 4) is 0 Å². The molecule has 0 aliphatic rings. The monoisotopic (exact) mass is 888 g/mol. The fourth-order valence-electron chi connectivity index (χ4n) is 7.12. The van der Waals surface area contributed by atoms with Crippen molar-refractivity contribution < 1.29 is 42.9 Å². The van der Waals surface area contributed by atoms with E-state index in [1.807, 2.05) is 21.1 Å². The molecular formula is C54H97NO8. The van der Waals surface area contributed by atoms with E-state index in [0.29, 0.717) is 23.9 Å². The third kappa shape index (κ3) is 47.0. The second kappa shape index (κ2) is 45.8. The lowest BCUT2D eigenvalue weighted by molar-refractivity contribution is -0.870. The van der Waals surface area contributed by atoms with Gasteiger partial charge < -0.3 is 33.3 Å². The molecule has 0 N–H and O–H groups in total. The summed E-state index contributed by atoms with van der Waals surface area (Å²) in [5.74, 6) is -2.29. The number of allylic oxidation sites excluding steroid dienone is 8. The third-order valence-electron chi connectivity index (χ3n) is 11.1. The van der Waals surface area contributed by atoms with Crippen LogP contribution >= 0.6 is 0 Å². The number of carbonyl (C=O) groups is 3. The maximum absolute atomic E-state index is 12.8. The van der Waals surface area contributed by atoms with Gasteiger partial charge in [0.2, 0.25) is 0 Å². The van der Waals surface area contributed by atoms with Gasteiger partial charge in [0.1, 0.15) is 13.2 Å². The highest BCUT2D eigenvalue weighted by Crippen LogP contribution is 2.16. The van der Waals surface area contributed by atoms with Gasteiger partial charge in [-0.2, -0.15) is 0 Å². The highest BCUT2D eigenvalue weighted by Gasteiger charge is 2.22. The van der Waals surface area contributed by atoms with E-state index in [1.165, 1.54) is 116 Å². The third-order valence-corrected chi connectivity index (χ3v) is 11.1. The molecule has 0 aliphatic heterocycles. The van der Waals surface area contributed by atoms with Crippen molar-refractivity contribution in [2.45, 2.75) is 232 Å². The van der Waals surface area contributed by atoms with Crippen molar-refractivity contribution in [3.63, 3.8) is 0 Å². The molecule has 63 heavy (non-hydrogen) atoms. The topological polar surface area (TPSA) is 111 Å². The molecule has 0 bridgehead atoms. The fourth-order valence-corrected chi connectivity index (χ4v) is 7.12. The normalized spacial score (nSPS) is 13.2. The summed E-state index contributed by atoms with van der Waals surface area (Å²) in [5, 5.41) is 11.7. The molecule has 0 aliphatic carbocycles. The van der Waals surface area contributed by atoms with Crippen molar-refractivity contribution in [2.75, 3.05) is 47.5 Å². The van der Waals surface area contributed by atoms with Gasteiger partial charge in [0, 0.05) is 12.8 Å². The number of quaternary nitrogens is 1. The van der Waals surface area contributed by atoms with Gasteiger partial charge in [-0.3, -0.25) is 9.59 Å². The largest absolute Gasteiger partial charge is 0.545 e. The van der Waals surface area contributed by atoms with E-state index in [9.17, 15) is 19.5 Å². The van der Waals surface area contributed by atoms with Crippen molar-refractivity contribution in [2.24, 2.45) is 0 Å². The molecule has 0 saturated carbocycles. The van der Waals surface area contributed by atoms with E-state index in [4.69, 9.17) is 18.9 Å². The number of hydrogen-bond acceptors (Lipinski definition) is 8. The van der Waals surface area contributed by atoms with Crippen LogP contribution in [0.4, 0.5) is 0 Å². The fraction of sp³-hybridized carbons (Fsp3) is 0.796. The molecule has 0 amide bonds. The molecule has 0 aromatic rings. The number of carbonyl (C=O) groups excluding carboxylic acids is 3. The van der Waals surface area contributed by atoms with Crippen molar-refractivity contribution in [1.29, 1.82) is 0 Å². The van der Waals surface area contributed by atoms with E-state index in [-0.39, 0.29) is 32.2 Å². The molecule has 2 atom stereocenters. The number of likely N-dealkylation sites (N-methyl/N-ethyl adjacent to an activating group) is 1. The summed E-state index contributed by atoms with van der Waals surface area (Å²) in [4.78, 5) is 37.2. The van der Waals surface area contributed by atoms with Crippen LogP contribution in [0.1, 0.15) is 219 Å². The number of aliphatic carboxylic acids is 1. The number of ether oxygens (including phenoxy) is 4. The van der Waals surface area contributed by atoms with E-state index in [0.717, 1.165) is 70.6 Å². The molecule has 0 rings (SSSR count). The minimum absolute atomic E-state index is 0.146. The molecule has 2 unspecified atom stereocenters. The molecule has 0 aromatic heterocycles. The van der Waals surface area contributed by atoms with Gasteiger partial charge in [-0.15, -0.1) is 0 Å². The molecular weight excluding hydrogens is 791 g/mol. The summed E-state index contributed by atoms with van der Waals surface area (Å²) < 4.78 is 22.6. The van der Waals surface area contributed by atoms with Gasteiger partial charge in [0.05, 0.1) is 40.3 Å². The van der Waals surface area contributed by atoms with Crippen LogP contribution in [0.5, 0.6) is 0 Å². The van der Waals surface area contributed by atoms with E-state index in [1.54, 1.807) is 0 Å². The van der Waals surface area contributed by atoms with Crippen LogP contribution in [-0.4, -0.2) is 82.3 Å². The van der Waals surface area contributed by atoms with Gasteiger partial charge in [0.25, 0.3) is 0 Å². The molecule has 0 radical (unpaired) electrons. The highest BCUT2D eigenvalue weighted by atomic mass is 16.7. The van der Waals surface area contributed by atoms with Gasteiger partial charge in [-0.25, -0.2) is 0 Å². The summed E-state index contributed by atoms with van der Waals surface area (Å²) >= 11 is 0. The highest BCUT2D eigenvalue weighted by molar-refractivity contribution is 5.70. The smallest absolute Gasteiger partial charge is 0.306 e. The minimum atomic E-state index is -1.62. The molecule has 0 heterocycles. The number of esters is 2. The van der Waals surface area contributed by atoms with Gasteiger partial charge in [-0.1, -0.05) is 204 Å². The van der Waals surface area contributed by atoms with Gasteiger partial charge >= 0.3 is 11.9 Å². The van der Waals surface area contributed by atoms with Gasteiger partial charge in [-0.05, 0) is 51.4 Å². The zero-order valence-electron chi connectivity index (χ0n) is 41.4. The Morgan fingerprint density at radius 1 is 0.492 bits per heavy atom. The van der Waals surface area contributed by atoms with E-state index < -0.39 is 24.3 Å².